The van der Waals surface area contributed by atoms with Gasteiger partial charge in [0.25, 0.3) is 0 Å². The van der Waals surface area contributed by atoms with E-state index >= 15 is 0 Å². The summed E-state index contributed by atoms with van der Waals surface area (Å²) in [5.74, 6) is -0.756. The van der Waals surface area contributed by atoms with Crippen LogP contribution in [0.4, 0.5) is 5.69 Å². The fraction of sp³-hybridized carbons (Fsp3) is 0.467. The molecule has 2 unspecified atom stereocenters. The lowest BCUT2D eigenvalue weighted by Gasteiger charge is -2.20. The first-order chi connectivity index (χ1) is 10.4. The zero-order valence-corrected chi connectivity index (χ0v) is 14.3. The smallest absolute Gasteiger partial charge is 0.328 e. The molecule has 1 amide bonds. The minimum absolute atomic E-state index is 0.306. The number of benzene rings is 1. The highest BCUT2D eigenvalue weighted by Crippen LogP contribution is 2.22. The van der Waals surface area contributed by atoms with Gasteiger partial charge in [-0.2, -0.15) is 0 Å². The number of esters is 1. The van der Waals surface area contributed by atoms with Crippen molar-refractivity contribution in [1.82, 2.24) is 5.32 Å². The quantitative estimate of drug-likeness (QED) is 0.743. The van der Waals surface area contributed by atoms with Gasteiger partial charge in [-0.05, 0) is 31.5 Å². The van der Waals surface area contributed by atoms with Gasteiger partial charge in [0.15, 0.2) is 0 Å². The first-order valence-corrected chi connectivity index (χ1v) is 7.73. The summed E-state index contributed by atoms with van der Waals surface area (Å²) >= 11 is 11.8. The van der Waals surface area contributed by atoms with Crippen LogP contribution in [0.2, 0.25) is 10.0 Å². The Morgan fingerprint density at radius 1 is 1.23 bits per heavy atom. The Balaban J connectivity index is 2.69. The van der Waals surface area contributed by atoms with Crippen LogP contribution in [0.3, 0.4) is 0 Å². The molecular formula is C15H20Cl2N2O3. The summed E-state index contributed by atoms with van der Waals surface area (Å²) in [6.07, 6.45) is 1.28. The van der Waals surface area contributed by atoms with Crippen molar-refractivity contribution in [2.24, 2.45) is 0 Å². The molecule has 2 N–H and O–H groups in total. The van der Waals surface area contributed by atoms with Gasteiger partial charge in [0.2, 0.25) is 5.91 Å². The van der Waals surface area contributed by atoms with Gasteiger partial charge in [-0.25, -0.2) is 4.79 Å². The third-order valence-electron chi connectivity index (χ3n) is 3.02. The Morgan fingerprint density at radius 2 is 1.82 bits per heavy atom. The number of nitrogens with one attached hydrogen (secondary N) is 2. The minimum Gasteiger partial charge on any atom is -0.467 e. The van der Waals surface area contributed by atoms with Crippen LogP contribution in [-0.2, 0) is 14.3 Å². The maximum Gasteiger partial charge on any atom is 0.328 e. The molecule has 0 spiro atoms. The van der Waals surface area contributed by atoms with Gasteiger partial charge in [-0.1, -0.05) is 36.5 Å². The van der Waals surface area contributed by atoms with Crippen molar-refractivity contribution in [2.45, 2.75) is 38.8 Å². The van der Waals surface area contributed by atoms with Crippen LogP contribution in [0.5, 0.6) is 0 Å². The third kappa shape index (κ3) is 5.73. The Kier molecular flexibility index (Phi) is 7.48. The maximum atomic E-state index is 12.2. The van der Waals surface area contributed by atoms with Gasteiger partial charge in [0.1, 0.15) is 12.1 Å². The van der Waals surface area contributed by atoms with Gasteiger partial charge in [-0.3, -0.25) is 4.79 Å². The second kappa shape index (κ2) is 8.86. The van der Waals surface area contributed by atoms with Crippen LogP contribution in [-0.4, -0.2) is 31.1 Å². The Hall–Kier alpha value is -1.46. The highest BCUT2D eigenvalue weighted by atomic mass is 35.5. The number of carbonyl (C=O) groups is 2. The van der Waals surface area contributed by atoms with E-state index < -0.39 is 18.1 Å². The molecule has 7 heteroatoms. The lowest BCUT2D eigenvalue weighted by atomic mass is 10.1. The summed E-state index contributed by atoms with van der Waals surface area (Å²) in [5.41, 5.74) is 0.630. The molecule has 0 aliphatic heterocycles. The Morgan fingerprint density at radius 3 is 2.32 bits per heavy atom. The number of halogens is 2. The van der Waals surface area contributed by atoms with Crippen LogP contribution in [0.25, 0.3) is 0 Å². The van der Waals surface area contributed by atoms with Crippen molar-refractivity contribution in [3.8, 4) is 0 Å². The van der Waals surface area contributed by atoms with Crippen LogP contribution in [0.15, 0.2) is 18.2 Å². The fourth-order valence-electron chi connectivity index (χ4n) is 1.93. The van der Waals surface area contributed by atoms with Gasteiger partial charge < -0.3 is 15.4 Å². The van der Waals surface area contributed by atoms with Crippen LogP contribution in [0, 0.1) is 0 Å². The number of hydrogen-bond acceptors (Lipinski definition) is 4. The number of methoxy groups -OCH3 is 1. The molecule has 1 aromatic carbocycles. The first kappa shape index (κ1) is 18.6. The second-order valence-electron chi connectivity index (χ2n) is 4.90. The predicted octanol–water partition coefficient (Wildman–Crippen LogP) is 3.25. The van der Waals surface area contributed by atoms with E-state index in [2.05, 4.69) is 15.4 Å². The van der Waals surface area contributed by atoms with Crippen LogP contribution in [0.1, 0.15) is 26.7 Å². The topological polar surface area (TPSA) is 67.4 Å². The lowest BCUT2D eigenvalue weighted by Crippen LogP contribution is -2.47. The molecule has 0 fully saturated rings. The highest BCUT2D eigenvalue weighted by molar-refractivity contribution is 6.35. The number of anilines is 1. The van der Waals surface area contributed by atoms with E-state index in [9.17, 15) is 9.59 Å². The molecule has 0 aliphatic rings. The number of hydrogen-bond donors (Lipinski definition) is 2. The van der Waals surface area contributed by atoms with Crippen molar-refractivity contribution in [3.63, 3.8) is 0 Å². The van der Waals surface area contributed by atoms with E-state index in [1.54, 1.807) is 25.1 Å². The molecule has 0 saturated heterocycles. The molecule has 0 bridgehead atoms. The van der Waals surface area contributed by atoms with Gasteiger partial charge in [-0.15, -0.1) is 0 Å². The number of ether oxygens (including phenoxy) is 1. The van der Waals surface area contributed by atoms with Crippen LogP contribution >= 0.6 is 23.2 Å². The molecule has 0 saturated carbocycles. The van der Waals surface area contributed by atoms with Gasteiger partial charge >= 0.3 is 5.97 Å². The molecule has 5 nitrogen and oxygen atoms in total. The first-order valence-electron chi connectivity index (χ1n) is 6.98. The molecule has 0 heterocycles. The van der Waals surface area contributed by atoms with Crippen molar-refractivity contribution in [3.05, 3.63) is 28.2 Å². The summed E-state index contributed by atoms with van der Waals surface area (Å²) < 4.78 is 4.69. The monoisotopic (exact) mass is 346 g/mol. The van der Waals surface area contributed by atoms with E-state index in [1.807, 2.05) is 6.92 Å². The number of amides is 1. The third-order valence-corrected chi connectivity index (χ3v) is 3.45. The Labute approximate surface area is 140 Å². The summed E-state index contributed by atoms with van der Waals surface area (Å²) in [4.78, 5) is 23.8. The van der Waals surface area contributed by atoms with Crippen LogP contribution < -0.4 is 10.6 Å². The Bertz CT molecular complexity index is 517. The largest absolute Gasteiger partial charge is 0.467 e. The molecule has 122 valence electrons. The number of carbonyl (C=O) groups excluding carboxylic acids is 2. The molecular weight excluding hydrogens is 327 g/mol. The predicted molar refractivity (Wildman–Crippen MR) is 88.4 cm³/mol. The van der Waals surface area contributed by atoms with E-state index in [4.69, 9.17) is 23.2 Å². The minimum atomic E-state index is -0.644. The molecule has 1 rings (SSSR count). The zero-order chi connectivity index (χ0) is 16.7. The normalized spacial score (nSPS) is 13.1. The molecule has 22 heavy (non-hydrogen) atoms. The molecule has 0 radical (unpaired) electrons. The van der Waals surface area contributed by atoms with Crippen molar-refractivity contribution in [2.75, 3.05) is 12.4 Å². The second-order valence-corrected chi connectivity index (χ2v) is 5.77. The van der Waals surface area contributed by atoms with Gasteiger partial charge in [0, 0.05) is 15.7 Å². The van der Waals surface area contributed by atoms with E-state index in [-0.39, 0.29) is 5.91 Å². The van der Waals surface area contributed by atoms with Crippen molar-refractivity contribution < 1.29 is 14.3 Å². The summed E-state index contributed by atoms with van der Waals surface area (Å²) in [7, 11) is 1.30. The lowest BCUT2D eigenvalue weighted by molar-refractivity contribution is -0.145. The van der Waals surface area contributed by atoms with Crippen molar-refractivity contribution >= 4 is 40.8 Å². The maximum absolute atomic E-state index is 12.2. The average Bonchev–Trinajstić information content (AvgIpc) is 2.44. The molecule has 2 atom stereocenters. The average molecular weight is 347 g/mol. The SMILES string of the molecule is CCCC(NC(=O)C(C)Nc1cc(Cl)cc(Cl)c1)C(=O)OC. The summed E-state index contributed by atoms with van der Waals surface area (Å²) in [6, 6.07) is 3.74. The fourth-order valence-corrected chi connectivity index (χ4v) is 2.46. The van der Waals surface area contributed by atoms with E-state index in [1.165, 1.54) is 7.11 Å². The zero-order valence-electron chi connectivity index (χ0n) is 12.8. The summed E-state index contributed by atoms with van der Waals surface area (Å²) in [6.45, 7) is 3.61. The molecule has 0 aliphatic carbocycles. The van der Waals surface area contributed by atoms with Gasteiger partial charge in [0.05, 0.1) is 7.11 Å². The van der Waals surface area contributed by atoms with Crippen molar-refractivity contribution in [1.29, 1.82) is 0 Å². The highest BCUT2D eigenvalue weighted by Gasteiger charge is 2.23. The van der Waals surface area contributed by atoms with E-state index in [0.717, 1.165) is 6.42 Å². The molecule has 0 aromatic heterocycles. The van der Waals surface area contributed by atoms with E-state index in [0.29, 0.717) is 22.2 Å². The number of rotatable bonds is 7. The standard InChI is InChI=1S/C15H20Cl2N2O3/c1-4-5-13(15(21)22-3)19-14(20)9(2)18-12-7-10(16)6-11(17)8-12/h6-9,13,18H,4-5H2,1-3H3,(H,19,20). The summed E-state index contributed by atoms with van der Waals surface area (Å²) in [5, 5.41) is 6.62. The molecule has 1 aromatic rings.